The van der Waals surface area contributed by atoms with Gasteiger partial charge in [0.05, 0.1) is 44.2 Å². The maximum absolute atomic E-state index is 12.6. The number of likely N-dealkylation sites (tertiary alicyclic amines) is 1. The molecular formula is C18H26N4O4. The molecule has 1 aromatic heterocycles. The molecule has 8 nitrogen and oxygen atoms in total. The van der Waals surface area contributed by atoms with E-state index in [4.69, 9.17) is 9.47 Å². The van der Waals surface area contributed by atoms with Gasteiger partial charge in [-0.2, -0.15) is 5.10 Å². The van der Waals surface area contributed by atoms with Crippen LogP contribution in [0.15, 0.2) is 6.20 Å². The third-order valence-corrected chi connectivity index (χ3v) is 5.60. The van der Waals surface area contributed by atoms with Gasteiger partial charge in [-0.25, -0.2) is 0 Å². The Kier molecular flexibility index (Phi) is 4.48. The Morgan fingerprint density at radius 2 is 2.00 bits per heavy atom. The van der Waals surface area contributed by atoms with Crippen molar-refractivity contribution in [2.24, 2.45) is 13.0 Å². The molecule has 1 atom stereocenters. The fraction of sp³-hybridized carbons (Fsp3) is 0.722. The molecule has 0 saturated carbocycles. The van der Waals surface area contributed by atoms with E-state index in [2.05, 4.69) is 5.10 Å². The van der Waals surface area contributed by atoms with Gasteiger partial charge in [-0.15, -0.1) is 0 Å². The molecule has 0 aliphatic carbocycles. The Bertz CT molecular complexity index is 704. The smallest absolute Gasteiger partial charge is 0.257 e. The summed E-state index contributed by atoms with van der Waals surface area (Å²) in [5.41, 5.74) is 1.14. The number of carbonyl (C=O) groups excluding carboxylic acids is 2. The van der Waals surface area contributed by atoms with Crippen molar-refractivity contribution < 1.29 is 19.1 Å². The largest absolute Gasteiger partial charge is 0.378 e. The molecule has 8 heteroatoms. The first-order valence-corrected chi connectivity index (χ1v) is 9.25. The molecule has 3 saturated heterocycles. The highest BCUT2D eigenvalue weighted by Gasteiger charge is 2.51. The van der Waals surface area contributed by atoms with Gasteiger partial charge >= 0.3 is 0 Å². The van der Waals surface area contributed by atoms with Gasteiger partial charge < -0.3 is 19.3 Å². The van der Waals surface area contributed by atoms with E-state index in [9.17, 15) is 9.59 Å². The maximum Gasteiger partial charge on any atom is 0.257 e. The summed E-state index contributed by atoms with van der Waals surface area (Å²) < 4.78 is 13.0. The van der Waals surface area contributed by atoms with Gasteiger partial charge in [-0.1, -0.05) is 0 Å². The van der Waals surface area contributed by atoms with Crippen molar-refractivity contribution in [2.45, 2.75) is 25.4 Å². The lowest BCUT2D eigenvalue weighted by atomic mass is 9.85. The van der Waals surface area contributed by atoms with Crippen LogP contribution < -0.4 is 0 Å². The number of ether oxygens (including phenoxy) is 2. The number of rotatable bonds is 3. The van der Waals surface area contributed by atoms with Gasteiger partial charge in [0.1, 0.15) is 5.60 Å². The van der Waals surface area contributed by atoms with Gasteiger partial charge in [-0.3, -0.25) is 14.3 Å². The molecule has 0 N–H and O–H groups in total. The Morgan fingerprint density at radius 3 is 2.65 bits per heavy atom. The van der Waals surface area contributed by atoms with Crippen LogP contribution in [0.5, 0.6) is 0 Å². The fourth-order valence-electron chi connectivity index (χ4n) is 4.25. The predicted octanol–water partition coefficient (Wildman–Crippen LogP) is 0.209. The van der Waals surface area contributed by atoms with Crippen LogP contribution in [0.3, 0.4) is 0 Å². The Morgan fingerprint density at radius 1 is 1.27 bits per heavy atom. The lowest BCUT2D eigenvalue weighted by molar-refractivity contribution is -0.136. The topological polar surface area (TPSA) is 76.9 Å². The zero-order chi connectivity index (χ0) is 18.3. The number of amides is 2. The monoisotopic (exact) mass is 362 g/mol. The molecule has 3 aliphatic heterocycles. The van der Waals surface area contributed by atoms with Crippen molar-refractivity contribution >= 4 is 11.8 Å². The van der Waals surface area contributed by atoms with Crippen LogP contribution in [0.4, 0.5) is 0 Å². The van der Waals surface area contributed by atoms with Crippen LogP contribution >= 0.6 is 0 Å². The van der Waals surface area contributed by atoms with Crippen molar-refractivity contribution in [1.82, 2.24) is 19.6 Å². The second kappa shape index (κ2) is 6.66. The van der Waals surface area contributed by atoms with E-state index >= 15 is 0 Å². The van der Waals surface area contributed by atoms with Crippen molar-refractivity contribution in [3.63, 3.8) is 0 Å². The lowest BCUT2D eigenvalue weighted by Gasteiger charge is -2.47. The van der Waals surface area contributed by atoms with Crippen molar-refractivity contribution in [3.05, 3.63) is 17.5 Å². The van der Waals surface area contributed by atoms with Crippen LogP contribution in [-0.2, 0) is 21.3 Å². The molecule has 3 aliphatic rings. The van der Waals surface area contributed by atoms with E-state index in [-0.39, 0.29) is 23.3 Å². The van der Waals surface area contributed by atoms with Gasteiger partial charge in [-0.05, 0) is 19.3 Å². The third kappa shape index (κ3) is 3.23. The summed E-state index contributed by atoms with van der Waals surface area (Å²) in [5, 5.41) is 4.24. The van der Waals surface area contributed by atoms with Crippen LogP contribution in [0.1, 0.15) is 28.9 Å². The minimum absolute atomic E-state index is 0.0117. The van der Waals surface area contributed by atoms with Crippen molar-refractivity contribution in [2.75, 3.05) is 46.0 Å². The highest BCUT2D eigenvalue weighted by molar-refractivity contribution is 5.95. The maximum atomic E-state index is 12.6. The number of aryl methyl sites for hydroxylation is 2. The second-order valence-electron chi connectivity index (χ2n) is 7.72. The number of hydrogen-bond donors (Lipinski definition) is 0. The number of aromatic nitrogens is 2. The predicted molar refractivity (Wildman–Crippen MR) is 92.7 cm³/mol. The highest BCUT2D eigenvalue weighted by atomic mass is 16.5. The first-order chi connectivity index (χ1) is 12.5. The molecule has 26 heavy (non-hydrogen) atoms. The lowest BCUT2D eigenvalue weighted by Crippen LogP contribution is -2.63. The SMILES string of the molecule is Cc1nn(C)cc1C(=O)N1CC2(CC(CC(=O)N3CCOCC3)CO2)C1. The van der Waals surface area contributed by atoms with E-state index in [0.717, 1.165) is 12.1 Å². The fourth-order valence-corrected chi connectivity index (χ4v) is 4.25. The van der Waals surface area contributed by atoms with Gasteiger partial charge in [0.2, 0.25) is 5.91 Å². The Hall–Kier alpha value is -1.93. The van der Waals surface area contributed by atoms with Crippen molar-refractivity contribution in [3.8, 4) is 0 Å². The summed E-state index contributed by atoms with van der Waals surface area (Å²) in [5.74, 6) is 0.442. The molecule has 1 spiro atoms. The first-order valence-electron chi connectivity index (χ1n) is 9.25. The Labute approximate surface area is 153 Å². The molecule has 1 unspecified atom stereocenters. The minimum atomic E-state index is -0.262. The van der Waals surface area contributed by atoms with Crippen molar-refractivity contribution in [1.29, 1.82) is 0 Å². The zero-order valence-electron chi connectivity index (χ0n) is 15.4. The molecule has 3 fully saturated rings. The summed E-state index contributed by atoms with van der Waals surface area (Å²) in [6, 6.07) is 0. The number of carbonyl (C=O) groups is 2. The minimum Gasteiger partial charge on any atom is -0.378 e. The summed E-state index contributed by atoms with van der Waals surface area (Å²) in [7, 11) is 1.82. The second-order valence-corrected chi connectivity index (χ2v) is 7.72. The van der Waals surface area contributed by atoms with Gasteiger partial charge in [0.15, 0.2) is 0 Å². The van der Waals surface area contributed by atoms with Crippen LogP contribution in [0.25, 0.3) is 0 Å². The third-order valence-electron chi connectivity index (χ3n) is 5.60. The molecule has 2 amide bonds. The summed E-state index contributed by atoms with van der Waals surface area (Å²) in [6.07, 6.45) is 3.14. The summed E-state index contributed by atoms with van der Waals surface area (Å²) >= 11 is 0. The normalized spacial score (nSPS) is 24.8. The molecule has 4 heterocycles. The molecule has 1 aromatic rings. The van der Waals surface area contributed by atoms with Gasteiger partial charge in [0.25, 0.3) is 5.91 Å². The zero-order valence-corrected chi connectivity index (χ0v) is 15.4. The van der Waals surface area contributed by atoms with Gasteiger partial charge in [0, 0.05) is 32.8 Å². The average molecular weight is 362 g/mol. The summed E-state index contributed by atoms with van der Waals surface area (Å²) in [4.78, 5) is 28.7. The quantitative estimate of drug-likeness (QED) is 0.768. The number of morpholine rings is 1. The molecule has 0 aromatic carbocycles. The summed E-state index contributed by atoms with van der Waals surface area (Å²) in [6.45, 7) is 6.27. The van der Waals surface area contributed by atoms with E-state index in [0.29, 0.717) is 58.0 Å². The highest BCUT2D eigenvalue weighted by Crippen LogP contribution is 2.40. The molecular weight excluding hydrogens is 336 g/mol. The van der Waals surface area contributed by atoms with Crippen LogP contribution in [-0.4, -0.2) is 83.0 Å². The molecule has 0 bridgehead atoms. The number of nitrogens with zero attached hydrogens (tertiary/aromatic N) is 4. The molecule has 142 valence electrons. The van der Waals surface area contributed by atoms with E-state index in [1.807, 2.05) is 23.8 Å². The standard InChI is InChI=1S/C18H26N4O4/c1-13-15(9-20(2)19-13)17(24)22-11-18(12-22)8-14(10-26-18)7-16(23)21-3-5-25-6-4-21/h9,14H,3-8,10-12H2,1-2H3. The Balaban J connectivity index is 1.29. The number of hydrogen-bond acceptors (Lipinski definition) is 5. The van der Waals surface area contributed by atoms with Crippen LogP contribution in [0, 0.1) is 12.8 Å². The van der Waals surface area contributed by atoms with E-state index in [1.165, 1.54) is 0 Å². The van der Waals surface area contributed by atoms with E-state index in [1.54, 1.807) is 10.9 Å². The van der Waals surface area contributed by atoms with E-state index < -0.39 is 0 Å². The average Bonchev–Trinajstić information content (AvgIpc) is 3.17. The first kappa shape index (κ1) is 17.5. The molecule has 0 radical (unpaired) electrons. The molecule has 4 rings (SSSR count). The van der Waals surface area contributed by atoms with Crippen LogP contribution in [0.2, 0.25) is 0 Å².